The lowest BCUT2D eigenvalue weighted by Gasteiger charge is -2.16. The van der Waals surface area contributed by atoms with E-state index in [2.05, 4.69) is 10.4 Å². The average Bonchev–Trinajstić information content (AvgIpc) is 2.88. The number of nitrogens with zero attached hydrogens (tertiary/aromatic N) is 2. The third-order valence-corrected chi connectivity index (χ3v) is 3.77. The lowest BCUT2D eigenvalue weighted by Crippen LogP contribution is -2.35. The van der Waals surface area contributed by atoms with Gasteiger partial charge in [-0.3, -0.25) is 14.3 Å². The Kier molecular flexibility index (Phi) is 5.14. The Morgan fingerprint density at radius 1 is 1.32 bits per heavy atom. The summed E-state index contributed by atoms with van der Waals surface area (Å²) in [5.41, 5.74) is 6.36. The van der Waals surface area contributed by atoms with Crippen molar-refractivity contribution in [2.45, 2.75) is 26.8 Å². The number of para-hydroxylation sites is 1. The molecule has 1 heterocycles. The number of rotatable bonds is 7. The molecule has 22 heavy (non-hydrogen) atoms. The van der Waals surface area contributed by atoms with Gasteiger partial charge in [0.05, 0.1) is 18.3 Å². The minimum atomic E-state index is -0.428. The lowest BCUT2D eigenvalue weighted by atomic mass is 9.91. The number of aromatic nitrogens is 2. The fourth-order valence-corrected chi connectivity index (χ4v) is 2.44. The maximum Gasteiger partial charge on any atom is 0.221 e. The van der Waals surface area contributed by atoms with Crippen LogP contribution < -0.4 is 11.1 Å². The van der Waals surface area contributed by atoms with Crippen LogP contribution in [0.15, 0.2) is 30.5 Å². The maximum absolute atomic E-state index is 11.9. The van der Waals surface area contributed by atoms with Gasteiger partial charge in [-0.2, -0.15) is 5.10 Å². The molecule has 118 valence electrons. The molecular formula is C16H22N4O2. The van der Waals surface area contributed by atoms with E-state index < -0.39 is 11.8 Å². The molecular weight excluding hydrogens is 280 g/mol. The Bertz CT molecular complexity index is 663. The van der Waals surface area contributed by atoms with Crippen LogP contribution in [0, 0.1) is 11.8 Å². The summed E-state index contributed by atoms with van der Waals surface area (Å²) in [6, 6.07) is 7.91. The average molecular weight is 302 g/mol. The molecule has 3 N–H and O–H groups in total. The van der Waals surface area contributed by atoms with E-state index >= 15 is 0 Å². The molecule has 0 saturated heterocycles. The second kappa shape index (κ2) is 7.06. The molecule has 0 radical (unpaired) electrons. The molecule has 0 aliphatic rings. The van der Waals surface area contributed by atoms with Gasteiger partial charge in [-0.25, -0.2) is 0 Å². The predicted molar refractivity (Wildman–Crippen MR) is 84.9 cm³/mol. The van der Waals surface area contributed by atoms with E-state index in [-0.39, 0.29) is 18.2 Å². The fourth-order valence-electron chi connectivity index (χ4n) is 2.44. The van der Waals surface area contributed by atoms with E-state index in [1.54, 1.807) is 6.20 Å². The molecule has 1 aromatic heterocycles. The molecule has 6 heteroatoms. The van der Waals surface area contributed by atoms with Crippen molar-refractivity contribution < 1.29 is 9.59 Å². The smallest absolute Gasteiger partial charge is 0.221 e. The van der Waals surface area contributed by atoms with Gasteiger partial charge < -0.3 is 11.1 Å². The van der Waals surface area contributed by atoms with Crippen molar-refractivity contribution in [2.75, 3.05) is 6.54 Å². The largest absolute Gasteiger partial charge is 0.369 e. The van der Waals surface area contributed by atoms with Crippen LogP contribution in [0.4, 0.5) is 0 Å². The Morgan fingerprint density at radius 2 is 2.05 bits per heavy atom. The number of primary amides is 1. The first kappa shape index (κ1) is 16.0. The monoisotopic (exact) mass is 302 g/mol. The Morgan fingerprint density at radius 3 is 2.73 bits per heavy atom. The van der Waals surface area contributed by atoms with Crippen LogP contribution in [0.2, 0.25) is 0 Å². The number of nitrogens with two attached hydrogens (primary N) is 1. The van der Waals surface area contributed by atoms with Crippen LogP contribution >= 0.6 is 0 Å². The topological polar surface area (TPSA) is 90.0 Å². The van der Waals surface area contributed by atoms with Crippen LogP contribution in [0.1, 0.15) is 20.3 Å². The lowest BCUT2D eigenvalue weighted by molar-refractivity contribution is -0.129. The van der Waals surface area contributed by atoms with Crippen molar-refractivity contribution in [1.29, 1.82) is 0 Å². The SMILES string of the molecule is CC(C)C(CC(=O)NCCn1ncc2ccccc21)C(N)=O. The first-order chi connectivity index (χ1) is 10.5. The van der Waals surface area contributed by atoms with Crippen molar-refractivity contribution in [3.8, 4) is 0 Å². The van der Waals surface area contributed by atoms with Gasteiger partial charge in [-0.15, -0.1) is 0 Å². The number of carbonyl (C=O) groups is 2. The summed E-state index contributed by atoms with van der Waals surface area (Å²) < 4.78 is 1.85. The standard InChI is InChI=1S/C16H22N4O2/c1-11(2)13(16(17)22)9-15(21)18-7-8-20-14-6-4-3-5-12(14)10-19-20/h3-6,10-11,13H,7-9H2,1-2H3,(H2,17,22)(H,18,21). The summed E-state index contributed by atoms with van der Waals surface area (Å²) in [4.78, 5) is 23.2. The molecule has 0 aliphatic carbocycles. The van der Waals surface area contributed by atoms with E-state index in [4.69, 9.17) is 5.73 Å². The number of hydrogen-bond acceptors (Lipinski definition) is 3. The van der Waals surface area contributed by atoms with E-state index in [0.29, 0.717) is 13.1 Å². The minimum absolute atomic E-state index is 0.0540. The zero-order valence-electron chi connectivity index (χ0n) is 13.0. The Hall–Kier alpha value is -2.37. The van der Waals surface area contributed by atoms with Gasteiger partial charge in [0.25, 0.3) is 0 Å². The quantitative estimate of drug-likeness (QED) is 0.807. The van der Waals surface area contributed by atoms with Crippen LogP contribution in [0.5, 0.6) is 0 Å². The Balaban J connectivity index is 1.85. The van der Waals surface area contributed by atoms with Gasteiger partial charge in [0.15, 0.2) is 0 Å². The highest BCUT2D eigenvalue weighted by Gasteiger charge is 2.22. The van der Waals surface area contributed by atoms with Crippen LogP contribution in [0.25, 0.3) is 10.9 Å². The first-order valence-corrected chi connectivity index (χ1v) is 7.45. The number of benzene rings is 1. The number of carbonyl (C=O) groups excluding carboxylic acids is 2. The number of nitrogens with one attached hydrogen (secondary N) is 1. The van der Waals surface area contributed by atoms with Crippen molar-refractivity contribution in [3.63, 3.8) is 0 Å². The molecule has 0 saturated carbocycles. The normalized spacial score (nSPS) is 12.5. The summed E-state index contributed by atoms with van der Waals surface area (Å²) in [7, 11) is 0. The summed E-state index contributed by atoms with van der Waals surface area (Å²) >= 11 is 0. The maximum atomic E-state index is 11.9. The molecule has 2 amide bonds. The molecule has 6 nitrogen and oxygen atoms in total. The van der Waals surface area contributed by atoms with Crippen LogP contribution in [-0.4, -0.2) is 28.1 Å². The van der Waals surface area contributed by atoms with E-state index in [9.17, 15) is 9.59 Å². The van der Waals surface area contributed by atoms with Gasteiger partial charge in [0.1, 0.15) is 0 Å². The summed E-state index contributed by atoms with van der Waals surface area (Å²) in [5, 5.41) is 8.19. The molecule has 0 fully saturated rings. The number of amides is 2. The van der Waals surface area contributed by atoms with Gasteiger partial charge in [-0.1, -0.05) is 32.0 Å². The van der Waals surface area contributed by atoms with Crippen molar-refractivity contribution in [3.05, 3.63) is 30.5 Å². The second-order valence-electron chi connectivity index (χ2n) is 5.73. The Labute approximate surface area is 129 Å². The van der Waals surface area contributed by atoms with Crippen molar-refractivity contribution in [1.82, 2.24) is 15.1 Å². The number of hydrogen-bond donors (Lipinski definition) is 2. The van der Waals surface area contributed by atoms with Gasteiger partial charge in [-0.05, 0) is 12.0 Å². The van der Waals surface area contributed by atoms with E-state index in [0.717, 1.165) is 10.9 Å². The molecule has 1 aromatic carbocycles. The zero-order valence-corrected chi connectivity index (χ0v) is 13.0. The molecule has 2 aromatic rings. The molecule has 0 spiro atoms. The van der Waals surface area contributed by atoms with Gasteiger partial charge >= 0.3 is 0 Å². The van der Waals surface area contributed by atoms with Crippen LogP contribution in [-0.2, 0) is 16.1 Å². The van der Waals surface area contributed by atoms with Crippen molar-refractivity contribution in [2.24, 2.45) is 17.6 Å². The van der Waals surface area contributed by atoms with Gasteiger partial charge in [0, 0.05) is 24.3 Å². The molecule has 1 atom stereocenters. The minimum Gasteiger partial charge on any atom is -0.369 e. The number of fused-ring (bicyclic) bond motifs is 1. The van der Waals surface area contributed by atoms with E-state index in [1.807, 2.05) is 42.8 Å². The highest BCUT2D eigenvalue weighted by Crippen LogP contribution is 2.14. The summed E-state index contributed by atoms with van der Waals surface area (Å²) in [6.45, 7) is 4.83. The van der Waals surface area contributed by atoms with Gasteiger partial charge in [0.2, 0.25) is 11.8 Å². The highest BCUT2D eigenvalue weighted by atomic mass is 16.2. The predicted octanol–water partition coefficient (Wildman–Crippen LogP) is 1.30. The highest BCUT2D eigenvalue weighted by molar-refractivity contribution is 5.85. The first-order valence-electron chi connectivity index (χ1n) is 7.45. The molecule has 0 aliphatic heterocycles. The van der Waals surface area contributed by atoms with Crippen LogP contribution in [0.3, 0.4) is 0 Å². The molecule has 2 rings (SSSR count). The third kappa shape index (κ3) is 3.84. The summed E-state index contributed by atoms with van der Waals surface area (Å²) in [6.07, 6.45) is 1.94. The fraction of sp³-hybridized carbons (Fsp3) is 0.438. The van der Waals surface area contributed by atoms with Crippen molar-refractivity contribution >= 4 is 22.7 Å². The third-order valence-electron chi connectivity index (χ3n) is 3.77. The zero-order chi connectivity index (χ0) is 16.1. The van der Waals surface area contributed by atoms with E-state index in [1.165, 1.54) is 0 Å². The summed E-state index contributed by atoms with van der Waals surface area (Å²) in [5.74, 6) is -0.957. The molecule has 1 unspecified atom stereocenters. The molecule has 0 bridgehead atoms. The second-order valence-corrected chi connectivity index (χ2v) is 5.73.